The van der Waals surface area contributed by atoms with Crippen LogP contribution in [0.2, 0.25) is 0 Å². The van der Waals surface area contributed by atoms with Crippen LogP contribution in [0.1, 0.15) is 26.5 Å². The number of hydrogen-bond acceptors (Lipinski definition) is 3. The third-order valence-electron chi connectivity index (χ3n) is 3.25. The van der Waals surface area contributed by atoms with E-state index >= 15 is 0 Å². The first kappa shape index (κ1) is 13.7. The molecule has 0 aliphatic rings. The third kappa shape index (κ3) is 2.23. The summed E-state index contributed by atoms with van der Waals surface area (Å²) in [4.78, 5) is 3.30. The quantitative estimate of drug-likeness (QED) is 0.877. The topological polar surface area (TPSA) is 38.5 Å². The standard InChI is InChI=1S/C12H20N4S2/c1-6-8-9-10(15(4)14-8)16(11(17)13-9)7-12(2,3)18-5/h6-7H2,1-5H3,(H,13,17). The number of fused-ring (bicyclic) bond motifs is 1. The van der Waals surface area contributed by atoms with Crippen LogP contribution in [0.5, 0.6) is 0 Å². The van der Waals surface area contributed by atoms with Crippen LogP contribution in [0.25, 0.3) is 11.2 Å². The molecule has 4 nitrogen and oxygen atoms in total. The van der Waals surface area contributed by atoms with Gasteiger partial charge in [0.2, 0.25) is 0 Å². The smallest absolute Gasteiger partial charge is 0.179 e. The zero-order chi connectivity index (χ0) is 13.5. The van der Waals surface area contributed by atoms with Gasteiger partial charge in [0.15, 0.2) is 10.4 Å². The van der Waals surface area contributed by atoms with Crippen molar-refractivity contribution in [1.82, 2.24) is 19.3 Å². The van der Waals surface area contributed by atoms with E-state index in [2.05, 4.69) is 41.7 Å². The molecule has 0 bridgehead atoms. The molecule has 18 heavy (non-hydrogen) atoms. The number of aromatic amines is 1. The van der Waals surface area contributed by atoms with Crippen molar-refractivity contribution in [2.24, 2.45) is 7.05 Å². The molecule has 2 heterocycles. The Hall–Kier alpha value is -0.750. The number of nitrogens with one attached hydrogen (secondary N) is 1. The second-order valence-electron chi connectivity index (χ2n) is 5.10. The Kier molecular flexibility index (Phi) is 3.60. The maximum atomic E-state index is 5.45. The Morgan fingerprint density at radius 2 is 2.11 bits per heavy atom. The van der Waals surface area contributed by atoms with Crippen molar-refractivity contribution in [3.05, 3.63) is 10.5 Å². The summed E-state index contributed by atoms with van der Waals surface area (Å²) in [5, 5.41) is 4.54. The van der Waals surface area contributed by atoms with Gasteiger partial charge in [-0.25, -0.2) is 0 Å². The van der Waals surface area contributed by atoms with Crippen molar-refractivity contribution in [2.75, 3.05) is 6.26 Å². The minimum Gasteiger partial charge on any atom is -0.328 e. The molecule has 2 aromatic rings. The number of thioether (sulfide) groups is 1. The molecule has 0 radical (unpaired) electrons. The highest BCUT2D eigenvalue weighted by Gasteiger charge is 2.21. The monoisotopic (exact) mass is 284 g/mol. The first-order valence-electron chi connectivity index (χ1n) is 6.09. The van der Waals surface area contributed by atoms with Gasteiger partial charge in [-0.05, 0) is 38.7 Å². The molecule has 6 heteroatoms. The van der Waals surface area contributed by atoms with Gasteiger partial charge >= 0.3 is 0 Å². The number of aromatic nitrogens is 4. The Morgan fingerprint density at radius 3 is 2.67 bits per heavy atom. The summed E-state index contributed by atoms with van der Waals surface area (Å²) in [5.74, 6) is 0. The lowest BCUT2D eigenvalue weighted by molar-refractivity contribution is 0.561. The lowest BCUT2D eigenvalue weighted by Gasteiger charge is -2.22. The maximum absolute atomic E-state index is 5.45. The zero-order valence-corrected chi connectivity index (χ0v) is 13.2. The van der Waals surface area contributed by atoms with Gasteiger partial charge < -0.3 is 9.55 Å². The normalized spacial score (nSPS) is 12.5. The number of aryl methyl sites for hydroxylation is 2. The van der Waals surface area contributed by atoms with Gasteiger partial charge in [-0.15, -0.1) is 0 Å². The predicted octanol–water partition coefficient (Wildman–Crippen LogP) is 3.14. The highest BCUT2D eigenvalue weighted by atomic mass is 32.2. The van der Waals surface area contributed by atoms with E-state index in [-0.39, 0.29) is 4.75 Å². The average molecular weight is 284 g/mol. The second-order valence-corrected chi connectivity index (χ2v) is 7.00. The lowest BCUT2D eigenvalue weighted by Crippen LogP contribution is -2.23. The van der Waals surface area contributed by atoms with Gasteiger partial charge in [-0.1, -0.05) is 6.92 Å². The number of imidazole rings is 1. The van der Waals surface area contributed by atoms with Crippen LogP contribution in [0, 0.1) is 4.77 Å². The van der Waals surface area contributed by atoms with Crippen LogP contribution in [-0.4, -0.2) is 30.3 Å². The van der Waals surface area contributed by atoms with Crippen molar-refractivity contribution >= 4 is 35.1 Å². The van der Waals surface area contributed by atoms with Gasteiger partial charge in [0.05, 0.1) is 5.69 Å². The summed E-state index contributed by atoms with van der Waals surface area (Å²) in [5.41, 5.74) is 3.26. The number of hydrogen-bond donors (Lipinski definition) is 1. The Bertz CT molecular complexity index is 618. The Labute approximate surface area is 117 Å². The molecule has 0 atom stereocenters. The molecule has 0 saturated heterocycles. The fourth-order valence-corrected chi connectivity index (χ4v) is 2.63. The molecular weight excluding hydrogens is 264 g/mol. The van der Waals surface area contributed by atoms with Crippen molar-refractivity contribution < 1.29 is 0 Å². The molecule has 0 aromatic carbocycles. The maximum Gasteiger partial charge on any atom is 0.179 e. The predicted molar refractivity (Wildman–Crippen MR) is 80.9 cm³/mol. The van der Waals surface area contributed by atoms with Gasteiger partial charge in [-0.2, -0.15) is 16.9 Å². The third-order valence-corrected chi connectivity index (χ3v) is 4.81. The van der Waals surface area contributed by atoms with Gasteiger partial charge in [-0.3, -0.25) is 4.68 Å². The molecule has 0 fully saturated rings. The molecule has 2 rings (SSSR count). The van der Waals surface area contributed by atoms with E-state index in [9.17, 15) is 0 Å². The van der Waals surface area contributed by atoms with E-state index in [1.165, 1.54) is 0 Å². The van der Waals surface area contributed by atoms with Crippen molar-refractivity contribution in [2.45, 2.75) is 38.5 Å². The van der Waals surface area contributed by atoms with Crippen LogP contribution in [0.15, 0.2) is 0 Å². The number of nitrogens with zero attached hydrogens (tertiary/aromatic N) is 3. The molecular formula is C12H20N4S2. The number of H-pyrrole nitrogens is 1. The second kappa shape index (κ2) is 4.74. The minimum atomic E-state index is 0.157. The highest BCUT2D eigenvalue weighted by Crippen LogP contribution is 2.26. The first-order chi connectivity index (χ1) is 8.39. The van der Waals surface area contributed by atoms with Crippen molar-refractivity contribution in [3.8, 4) is 0 Å². The van der Waals surface area contributed by atoms with Gasteiger partial charge in [0, 0.05) is 18.3 Å². The Balaban J connectivity index is 2.61. The van der Waals surface area contributed by atoms with Gasteiger partial charge in [0.25, 0.3) is 0 Å². The Morgan fingerprint density at radius 1 is 1.44 bits per heavy atom. The van der Waals surface area contributed by atoms with E-state index in [4.69, 9.17) is 12.2 Å². The largest absolute Gasteiger partial charge is 0.328 e. The highest BCUT2D eigenvalue weighted by molar-refractivity contribution is 7.99. The van der Waals surface area contributed by atoms with Crippen molar-refractivity contribution in [3.63, 3.8) is 0 Å². The lowest BCUT2D eigenvalue weighted by atomic mass is 10.2. The van der Waals surface area contributed by atoms with E-state index in [0.717, 1.165) is 34.6 Å². The molecule has 0 aliphatic carbocycles. The van der Waals surface area contributed by atoms with Crippen LogP contribution >= 0.6 is 24.0 Å². The van der Waals surface area contributed by atoms with Gasteiger partial charge in [0.1, 0.15) is 5.52 Å². The van der Waals surface area contributed by atoms with E-state index < -0.39 is 0 Å². The zero-order valence-electron chi connectivity index (χ0n) is 11.6. The van der Waals surface area contributed by atoms with Crippen LogP contribution in [-0.2, 0) is 20.0 Å². The van der Waals surface area contributed by atoms with Crippen molar-refractivity contribution in [1.29, 1.82) is 0 Å². The first-order valence-corrected chi connectivity index (χ1v) is 7.72. The summed E-state index contributed by atoms with van der Waals surface area (Å²) >= 11 is 7.30. The SMILES string of the molecule is CCc1nn(C)c2c1[nH]c(=S)n2CC(C)(C)SC. The molecule has 100 valence electrons. The number of rotatable bonds is 4. The summed E-state index contributed by atoms with van der Waals surface area (Å²) in [6.45, 7) is 7.46. The summed E-state index contributed by atoms with van der Waals surface area (Å²) < 4.78 is 5.03. The molecule has 2 aromatic heterocycles. The fraction of sp³-hybridized carbons (Fsp3) is 0.667. The van der Waals surface area contributed by atoms with Crippen LogP contribution in [0.4, 0.5) is 0 Å². The van der Waals surface area contributed by atoms with E-state index in [0.29, 0.717) is 0 Å². The minimum absolute atomic E-state index is 0.157. The molecule has 0 unspecified atom stereocenters. The van der Waals surface area contributed by atoms with Crippen LogP contribution in [0.3, 0.4) is 0 Å². The molecule has 0 saturated carbocycles. The average Bonchev–Trinajstić information content (AvgIpc) is 2.78. The molecule has 0 amide bonds. The summed E-state index contributed by atoms with van der Waals surface area (Å²) in [6, 6.07) is 0. The molecule has 1 N–H and O–H groups in total. The van der Waals surface area contributed by atoms with E-state index in [1.807, 2.05) is 23.5 Å². The molecule has 0 aliphatic heterocycles. The summed E-state index contributed by atoms with van der Waals surface area (Å²) in [7, 11) is 1.98. The van der Waals surface area contributed by atoms with Crippen LogP contribution < -0.4 is 0 Å². The van der Waals surface area contributed by atoms with E-state index in [1.54, 1.807) is 0 Å². The summed E-state index contributed by atoms with van der Waals surface area (Å²) in [6.07, 6.45) is 3.05. The molecule has 0 spiro atoms. The fourth-order valence-electron chi connectivity index (χ4n) is 2.12.